The maximum atomic E-state index is 13.6. The van der Waals surface area contributed by atoms with E-state index in [9.17, 15) is 8.42 Å². The maximum Gasteiger partial charge on any atom is 0.239 e. The minimum Gasteiger partial charge on any atom is -0.379 e. The number of aromatic nitrogens is 5. The molecule has 0 saturated heterocycles. The first-order valence-electron chi connectivity index (χ1n) is 12.1. The van der Waals surface area contributed by atoms with E-state index >= 15 is 0 Å². The topological polar surface area (TPSA) is 121 Å². The van der Waals surface area contributed by atoms with Crippen molar-refractivity contribution < 1.29 is 17.9 Å². The summed E-state index contributed by atoms with van der Waals surface area (Å²) in [5, 5.41) is 7.88. The maximum absolute atomic E-state index is 13.6. The molecule has 4 unspecified atom stereocenters. The molecule has 0 bridgehead atoms. The van der Waals surface area contributed by atoms with Crippen LogP contribution in [-0.2, 0) is 19.5 Å². The lowest BCUT2D eigenvalue weighted by Crippen LogP contribution is -2.41. The summed E-state index contributed by atoms with van der Waals surface area (Å²) in [5.41, 5.74) is 1.73. The SMILES string of the molecule is COC1CCCC(OC)C1n1c(NS(=O)(=O)C(C)C(C)c2ncc(C)cn2)nnc1-c1ccccc1. The Labute approximate surface area is 212 Å². The van der Waals surface area contributed by atoms with E-state index in [4.69, 9.17) is 9.47 Å². The number of ether oxygens (including phenoxy) is 2. The Morgan fingerprint density at radius 3 is 2.19 bits per heavy atom. The Morgan fingerprint density at radius 1 is 1.00 bits per heavy atom. The third-order valence-corrected chi connectivity index (χ3v) is 8.86. The van der Waals surface area contributed by atoms with Gasteiger partial charge in [-0.15, -0.1) is 10.2 Å². The molecule has 1 aliphatic carbocycles. The number of sulfonamides is 1. The van der Waals surface area contributed by atoms with E-state index in [1.807, 2.05) is 41.8 Å². The van der Waals surface area contributed by atoms with E-state index in [0.29, 0.717) is 11.6 Å². The van der Waals surface area contributed by atoms with Gasteiger partial charge in [0.1, 0.15) is 5.82 Å². The van der Waals surface area contributed by atoms with Crippen molar-refractivity contribution in [1.82, 2.24) is 24.7 Å². The first kappa shape index (κ1) is 26.2. The van der Waals surface area contributed by atoms with Crippen molar-refractivity contribution >= 4 is 16.0 Å². The molecular formula is C25H34N6O4S. The summed E-state index contributed by atoms with van der Waals surface area (Å²) in [6, 6.07) is 9.26. The van der Waals surface area contributed by atoms with Gasteiger partial charge in [-0.3, -0.25) is 9.29 Å². The van der Waals surface area contributed by atoms with Gasteiger partial charge in [-0.05, 0) is 38.7 Å². The van der Waals surface area contributed by atoms with Crippen molar-refractivity contribution in [2.75, 3.05) is 18.9 Å². The van der Waals surface area contributed by atoms with Crippen molar-refractivity contribution in [1.29, 1.82) is 0 Å². The number of hydrogen-bond donors (Lipinski definition) is 1. The van der Waals surface area contributed by atoms with Crippen LogP contribution in [0.3, 0.4) is 0 Å². The zero-order valence-electron chi connectivity index (χ0n) is 21.3. The summed E-state index contributed by atoms with van der Waals surface area (Å²) in [4.78, 5) is 8.65. The van der Waals surface area contributed by atoms with Crippen LogP contribution in [0, 0.1) is 6.92 Å². The van der Waals surface area contributed by atoms with Crippen LogP contribution in [0.1, 0.15) is 56.5 Å². The van der Waals surface area contributed by atoms with E-state index in [1.54, 1.807) is 40.5 Å². The molecule has 1 fully saturated rings. The fourth-order valence-corrected chi connectivity index (χ4v) is 5.95. The third kappa shape index (κ3) is 5.28. The molecule has 11 heteroatoms. The van der Waals surface area contributed by atoms with Gasteiger partial charge in [-0.1, -0.05) is 37.3 Å². The predicted octanol–water partition coefficient (Wildman–Crippen LogP) is 3.73. The van der Waals surface area contributed by atoms with Gasteiger partial charge >= 0.3 is 0 Å². The second-order valence-corrected chi connectivity index (χ2v) is 11.4. The van der Waals surface area contributed by atoms with Crippen LogP contribution in [0.5, 0.6) is 0 Å². The van der Waals surface area contributed by atoms with E-state index in [0.717, 1.165) is 30.4 Å². The van der Waals surface area contributed by atoms with Crippen LogP contribution in [0.4, 0.5) is 5.95 Å². The van der Waals surface area contributed by atoms with Crippen LogP contribution in [-0.4, -0.2) is 64.8 Å². The second kappa shape index (κ2) is 11.0. The van der Waals surface area contributed by atoms with Gasteiger partial charge in [0.2, 0.25) is 16.0 Å². The molecule has 1 saturated carbocycles. The molecule has 194 valence electrons. The smallest absolute Gasteiger partial charge is 0.239 e. The van der Waals surface area contributed by atoms with Crippen LogP contribution < -0.4 is 4.72 Å². The molecule has 3 aromatic rings. The molecule has 2 aromatic heterocycles. The van der Waals surface area contributed by atoms with Gasteiger partial charge in [0.25, 0.3) is 0 Å². The minimum atomic E-state index is -3.88. The number of hydrogen-bond acceptors (Lipinski definition) is 8. The van der Waals surface area contributed by atoms with Crippen molar-refractivity contribution in [2.24, 2.45) is 0 Å². The standard InChI is InChI=1S/C25H34N6O4S/c1-16-14-26-23(27-15-16)17(2)18(3)36(32,33)30-25-29-28-24(19-10-7-6-8-11-19)31(25)22-20(34-4)12-9-13-21(22)35-5/h6-8,10-11,14-15,17-18,20-22H,9,12-13H2,1-5H3,(H,29,30). The Kier molecular flexibility index (Phi) is 8.01. The summed E-state index contributed by atoms with van der Waals surface area (Å²) < 4.78 is 43.3. The Bertz CT molecular complexity index is 1240. The summed E-state index contributed by atoms with van der Waals surface area (Å²) >= 11 is 0. The number of benzene rings is 1. The number of nitrogens with one attached hydrogen (secondary N) is 1. The average molecular weight is 515 g/mol. The van der Waals surface area contributed by atoms with Crippen LogP contribution in [0.2, 0.25) is 0 Å². The molecule has 4 atom stereocenters. The fourth-order valence-electron chi connectivity index (χ4n) is 4.71. The van der Waals surface area contributed by atoms with Gasteiger partial charge in [0, 0.05) is 38.1 Å². The Balaban J connectivity index is 1.74. The zero-order chi connectivity index (χ0) is 25.9. The van der Waals surface area contributed by atoms with Crippen molar-refractivity contribution in [3.05, 3.63) is 54.1 Å². The van der Waals surface area contributed by atoms with Crippen molar-refractivity contribution in [3.8, 4) is 11.4 Å². The highest BCUT2D eigenvalue weighted by Crippen LogP contribution is 2.38. The summed E-state index contributed by atoms with van der Waals surface area (Å²) in [6.45, 7) is 5.34. The minimum absolute atomic E-state index is 0.133. The zero-order valence-corrected chi connectivity index (χ0v) is 22.1. The molecule has 2 heterocycles. The molecule has 0 amide bonds. The molecular weight excluding hydrogens is 480 g/mol. The Hall–Kier alpha value is -2.89. The van der Waals surface area contributed by atoms with Gasteiger partial charge in [0.05, 0.1) is 23.5 Å². The molecule has 0 spiro atoms. The summed E-state index contributed by atoms with van der Waals surface area (Å²) in [5.74, 6) is 0.706. The fraction of sp³-hybridized carbons (Fsp3) is 0.520. The highest BCUT2D eigenvalue weighted by atomic mass is 32.2. The highest BCUT2D eigenvalue weighted by molar-refractivity contribution is 7.93. The molecule has 0 radical (unpaired) electrons. The summed E-state index contributed by atoms with van der Waals surface area (Å²) in [7, 11) is -0.556. The van der Waals surface area contributed by atoms with Crippen LogP contribution in [0.25, 0.3) is 11.4 Å². The van der Waals surface area contributed by atoms with Crippen molar-refractivity contribution in [2.45, 2.75) is 69.5 Å². The van der Waals surface area contributed by atoms with E-state index in [2.05, 4.69) is 24.9 Å². The Morgan fingerprint density at radius 2 is 1.61 bits per heavy atom. The average Bonchev–Trinajstić information content (AvgIpc) is 3.30. The monoisotopic (exact) mass is 514 g/mol. The number of anilines is 1. The molecule has 1 N–H and O–H groups in total. The number of methoxy groups -OCH3 is 2. The molecule has 4 rings (SSSR count). The lowest BCUT2D eigenvalue weighted by Gasteiger charge is -2.38. The molecule has 1 aliphatic rings. The molecule has 0 aliphatic heterocycles. The van der Waals surface area contributed by atoms with Gasteiger partial charge in [-0.25, -0.2) is 18.4 Å². The van der Waals surface area contributed by atoms with Crippen LogP contribution >= 0.6 is 0 Å². The number of rotatable bonds is 9. The lowest BCUT2D eigenvalue weighted by molar-refractivity contribution is -0.0547. The third-order valence-electron chi connectivity index (χ3n) is 7.01. The van der Waals surface area contributed by atoms with E-state index in [1.165, 1.54) is 0 Å². The molecule has 10 nitrogen and oxygen atoms in total. The first-order valence-corrected chi connectivity index (χ1v) is 13.7. The second-order valence-electron chi connectivity index (χ2n) is 9.31. The molecule has 1 aromatic carbocycles. The van der Waals surface area contributed by atoms with Crippen molar-refractivity contribution in [3.63, 3.8) is 0 Å². The van der Waals surface area contributed by atoms with Gasteiger partial charge in [0.15, 0.2) is 5.82 Å². The quantitative estimate of drug-likeness (QED) is 0.458. The highest BCUT2D eigenvalue weighted by Gasteiger charge is 2.40. The summed E-state index contributed by atoms with van der Waals surface area (Å²) in [6.07, 6.45) is 5.57. The predicted molar refractivity (Wildman–Crippen MR) is 137 cm³/mol. The van der Waals surface area contributed by atoms with Gasteiger partial charge < -0.3 is 9.47 Å². The normalized spacial score (nSPS) is 22.2. The number of nitrogens with zero attached hydrogens (tertiary/aromatic N) is 5. The van der Waals surface area contributed by atoms with Gasteiger partial charge in [-0.2, -0.15) is 0 Å². The first-order chi connectivity index (χ1) is 17.3. The molecule has 36 heavy (non-hydrogen) atoms. The van der Waals surface area contributed by atoms with Crippen LogP contribution in [0.15, 0.2) is 42.7 Å². The largest absolute Gasteiger partial charge is 0.379 e. The van der Waals surface area contributed by atoms with E-state index < -0.39 is 21.2 Å². The lowest BCUT2D eigenvalue weighted by atomic mass is 9.89. The number of aryl methyl sites for hydroxylation is 1. The van der Waals surface area contributed by atoms with E-state index in [-0.39, 0.29) is 24.2 Å².